The van der Waals surface area contributed by atoms with E-state index < -0.39 is 0 Å². The van der Waals surface area contributed by atoms with E-state index in [9.17, 15) is 0 Å². The van der Waals surface area contributed by atoms with Gasteiger partial charge in [-0.3, -0.25) is 0 Å². The van der Waals surface area contributed by atoms with Crippen LogP contribution in [-0.2, 0) is 6.42 Å². The lowest BCUT2D eigenvalue weighted by Gasteiger charge is -2.11. The second-order valence-corrected chi connectivity index (χ2v) is 2.96. The molecule has 76 valence electrons. The Morgan fingerprint density at radius 2 is 1.79 bits per heavy atom. The van der Waals surface area contributed by atoms with Crippen molar-refractivity contribution in [3.63, 3.8) is 0 Å². The molecule has 0 bridgehead atoms. The van der Waals surface area contributed by atoms with Crippen molar-refractivity contribution < 1.29 is 9.47 Å². The number of aryl methyl sites for hydroxylation is 1. The van der Waals surface area contributed by atoms with Gasteiger partial charge in [0.1, 0.15) is 0 Å². The monoisotopic (exact) mass is 192 g/mol. The molecule has 1 aromatic carbocycles. The van der Waals surface area contributed by atoms with Crippen LogP contribution in [-0.4, -0.2) is 14.2 Å². The Hall–Kier alpha value is -1.44. The zero-order chi connectivity index (χ0) is 10.6. The number of methoxy groups -OCH3 is 2. The normalized spacial score (nSPS) is 9.64. The first kappa shape index (κ1) is 10.6. The summed E-state index contributed by atoms with van der Waals surface area (Å²) in [6.45, 7) is 5.88. The first-order valence-corrected chi connectivity index (χ1v) is 4.64. The van der Waals surface area contributed by atoms with Crippen LogP contribution in [0.15, 0.2) is 18.7 Å². The van der Waals surface area contributed by atoms with Crippen molar-refractivity contribution in [1.82, 2.24) is 0 Å². The van der Waals surface area contributed by atoms with Crippen molar-refractivity contribution in [2.45, 2.75) is 13.3 Å². The van der Waals surface area contributed by atoms with Gasteiger partial charge in [-0.05, 0) is 29.7 Å². The van der Waals surface area contributed by atoms with Crippen LogP contribution in [0.4, 0.5) is 0 Å². The summed E-state index contributed by atoms with van der Waals surface area (Å²) < 4.78 is 10.4. The Kier molecular flexibility index (Phi) is 3.57. The third-order valence-electron chi connectivity index (χ3n) is 2.25. The second kappa shape index (κ2) is 4.70. The van der Waals surface area contributed by atoms with Crippen LogP contribution < -0.4 is 9.47 Å². The summed E-state index contributed by atoms with van der Waals surface area (Å²) in [5.41, 5.74) is 2.32. The van der Waals surface area contributed by atoms with E-state index in [4.69, 9.17) is 9.47 Å². The molecule has 0 aliphatic carbocycles. The minimum Gasteiger partial charge on any atom is -0.493 e. The molecule has 0 atom stereocenters. The summed E-state index contributed by atoms with van der Waals surface area (Å²) in [6, 6.07) is 3.94. The molecule has 1 rings (SSSR count). The first-order chi connectivity index (χ1) is 6.76. The van der Waals surface area contributed by atoms with E-state index >= 15 is 0 Å². The van der Waals surface area contributed by atoms with Gasteiger partial charge in [0.2, 0.25) is 0 Å². The lowest BCUT2D eigenvalue weighted by Crippen LogP contribution is -1.94. The van der Waals surface area contributed by atoms with Crippen molar-refractivity contribution in [1.29, 1.82) is 0 Å². The van der Waals surface area contributed by atoms with Gasteiger partial charge in [0.15, 0.2) is 11.5 Å². The van der Waals surface area contributed by atoms with Crippen LogP contribution in [0.2, 0.25) is 0 Å². The van der Waals surface area contributed by atoms with Crippen LogP contribution in [0, 0.1) is 0 Å². The average molecular weight is 192 g/mol. The van der Waals surface area contributed by atoms with Gasteiger partial charge in [0.05, 0.1) is 14.2 Å². The summed E-state index contributed by atoms with van der Waals surface area (Å²) in [5, 5.41) is 0. The molecule has 0 aliphatic rings. The number of ether oxygens (including phenoxy) is 2. The number of hydrogen-bond donors (Lipinski definition) is 0. The third-order valence-corrected chi connectivity index (χ3v) is 2.25. The molecule has 0 unspecified atom stereocenters. The molecule has 14 heavy (non-hydrogen) atoms. The predicted octanol–water partition coefficient (Wildman–Crippen LogP) is 2.91. The molecule has 0 spiro atoms. The van der Waals surface area contributed by atoms with Crippen LogP contribution in [0.5, 0.6) is 11.5 Å². The van der Waals surface area contributed by atoms with Gasteiger partial charge in [-0.25, -0.2) is 0 Å². The van der Waals surface area contributed by atoms with E-state index in [0.717, 1.165) is 23.5 Å². The highest BCUT2D eigenvalue weighted by Gasteiger charge is 2.07. The van der Waals surface area contributed by atoms with Crippen LogP contribution >= 0.6 is 0 Å². The summed E-state index contributed by atoms with van der Waals surface area (Å²) in [4.78, 5) is 0. The fraction of sp³-hybridized carbons (Fsp3) is 0.333. The summed E-state index contributed by atoms with van der Waals surface area (Å²) in [7, 11) is 3.28. The predicted molar refractivity (Wildman–Crippen MR) is 59.0 cm³/mol. The highest BCUT2D eigenvalue weighted by Crippen LogP contribution is 2.31. The fourth-order valence-corrected chi connectivity index (χ4v) is 1.43. The Labute approximate surface area is 85.2 Å². The van der Waals surface area contributed by atoms with Crippen molar-refractivity contribution in [3.05, 3.63) is 29.8 Å². The lowest BCUT2D eigenvalue weighted by atomic mass is 10.0. The molecule has 0 aliphatic heterocycles. The Morgan fingerprint density at radius 1 is 1.21 bits per heavy atom. The molecule has 0 fully saturated rings. The van der Waals surface area contributed by atoms with Crippen molar-refractivity contribution >= 4 is 6.08 Å². The number of hydrogen-bond acceptors (Lipinski definition) is 2. The molecule has 0 saturated carbocycles. The zero-order valence-corrected chi connectivity index (χ0v) is 8.96. The largest absolute Gasteiger partial charge is 0.493 e. The number of benzene rings is 1. The molecule has 0 radical (unpaired) electrons. The smallest absolute Gasteiger partial charge is 0.161 e. The molecule has 2 heteroatoms. The van der Waals surface area contributed by atoms with E-state index in [1.54, 1.807) is 14.2 Å². The molecule has 0 saturated heterocycles. The minimum atomic E-state index is 0.750. The van der Waals surface area contributed by atoms with Gasteiger partial charge in [-0.15, -0.1) is 0 Å². The fourth-order valence-electron chi connectivity index (χ4n) is 1.43. The van der Waals surface area contributed by atoms with Gasteiger partial charge in [0.25, 0.3) is 0 Å². The van der Waals surface area contributed by atoms with Crippen molar-refractivity contribution in [2.75, 3.05) is 14.2 Å². The van der Waals surface area contributed by atoms with Crippen LogP contribution in [0.1, 0.15) is 18.1 Å². The van der Waals surface area contributed by atoms with Gasteiger partial charge >= 0.3 is 0 Å². The molecule has 0 aromatic heterocycles. The number of rotatable bonds is 4. The molecular formula is C12H16O2. The van der Waals surface area contributed by atoms with E-state index in [1.165, 1.54) is 5.56 Å². The average Bonchev–Trinajstić information content (AvgIpc) is 2.26. The van der Waals surface area contributed by atoms with E-state index in [1.807, 2.05) is 18.2 Å². The molecule has 0 heterocycles. The van der Waals surface area contributed by atoms with Crippen molar-refractivity contribution in [3.8, 4) is 11.5 Å². The lowest BCUT2D eigenvalue weighted by molar-refractivity contribution is 0.354. The summed E-state index contributed by atoms with van der Waals surface area (Å²) >= 11 is 0. The maximum absolute atomic E-state index is 5.22. The van der Waals surface area contributed by atoms with Gasteiger partial charge in [-0.2, -0.15) is 0 Å². The summed E-state index contributed by atoms with van der Waals surface area (Å²) in [6.07, 6.45) is 2.79. The molecule has 0 amide bonds. The van der Waals surface area contributed by atoms with Gasteiger partial charge in [0, 0.05) is 0 Å². The minimum absolute atomic E-state index is 0.750. The molecule has 0 N–H and O–H groups in total. The van der Waals surface area contributed by atoms with Gasteiger partial charge in [-0.1, -0.05) is 19.6 Å². The SMILES string of the molecule is C=Cc1cc(OC)c(OC)cc1CC. The second-order valence-electron chi connectivity index (χ2n) is 2.96. The summed E-state index contributed by atoms with van der Waals surface area (Å²) in [5.74, 6) is 1.52. The quantitative estimate of drug-likeness (QED) is 0.730. The molecule has 2 nitrogen and oxygen atoms in total. The Morgan fingerprint density at radius 3 is 2.21 bits per heavy atom. The Balaban J connectivity index is 3.27. The van der Waals surface area contributed by atoms with E-state index in [2.05, 4.69) is 13.5 Å². The highest BCUT2D eigenvalue weighted by molar-refractivity contribution is 5.59. The van der Waals surface area contributed by atoms with E-state index in [-0.39, 0.29) is 0 Å². The van der Waals surface area contributed by atoms with Crippen molar-refractivity contribution in [2.24, 2.45) is 0 Å². The topological polar surface area (TPSA) is 18.5 Å². The highest BCUT2D eigenvalue weighted by atomic mass is 16.5. The maximum Gasteiger partial charge on any atom is 0.161 e. The van der Waals surface area contributed by atoms with E-state index in [0.29, 0.717) is 0 Å². The Bertz CT molecular complexity index is 329. The molecule has 1 aromatic rings. The molecular weight excluding hydrogens is 176 g/mol. The van der Waals surface area contributed by atoms with Crippen LogP contribution in [0.25, 0.3) is 6.08 Å². The van der Waals surface area contributed by atoms with Crippen LogP contribution in [0.3, 0.4) is 0 Å². The maximum atomic E-state index is 5.22. The van der Waals surface area contributed by atoms with Gasteiger partial charge < -0.3 is 9.47 Å². The standard InChI is InChI=1S/C12H16O2/c1-5-9-7-11(13-3)12(14-4)8-10(9)6-2/h5,7-8H,1,6H2,2-4H3. The first-order valence-electron chi connectivity index (χ1n) is 4.64. The third kappa shape index (κ3) is 1.90. The zero-order valence-electron chi connectivity index (χ0n) is 8.96.